The lowest BCUT2D eigenvalue weighted by Crippen LogP contribution is -2.32. The molecule has 0 N–H and O–H groups in total. The number of carbonyl (C=O) groups excluding carboxylic acids is 2. The molecule has 2 atom stereocenters. The molecule has 26 heavy (non-hydrogen) atoms. The van der Waals surface area contributed by atoms with E-state index in [-0.39, 0.29) is 18.3 Å². The van der Waals surface area contributed by atoms with Gasteiger partial charge in [0, 0.05) is 6.42 Å². The molecule has 0 amide bonds. The summed E-state index contributed by atoms with van der Waals surface area (Å²) in [5.41, 5.74) is 0. The summed E-state index contributed by atoms with van der Waals surface area (Å²) in [6.07, 6.45) is 6.42. The molecule has 0 aromatic rings. The fourth-order valence-electron chi connectivity index (χ4n) is 3.01. The molecule has 0 saturated heterocycles. The molecule has 0 aliphatic heterocycles. The van der Waals surface area contributed by atoms with Crippen LogP contribution in [0.25, 0.3) is 0 Å². The van der Waals surface area contributed by atoms with Crippen molar-refractivity contribution in [3.05, 3.63) is 0 Å². The SMILES string of the molecule is CC(C)CCCCCCOC(=O)OC1CCCC(OC(=O)OC(C)C)C1. The van der Waals surface area contributed by atoms with Crippen LogP contribution in [0.3, 0.4) is 0 Å². The van der Waals surface area contributed by atoms with Gasteiger partial charge in [-0.3, -0.25) is 0 Å². The van der Waals surface area contributed by atoms with Crippen molar-refractivity contribution < 1.29 is 28.5 Å². The van der Waals surface area contributed by atoms with Crippen LogP contribution in [0.4, 0.5) is 9.59 Å². The molecule has 0 radical (unpaired) electrons. The molecular weight excluding hydrogens is 336 g/mol. The average molecular weight is 373 g/mol. The van der Waals surface area contributed by atoms with E-state index in [9.17, 15) is 9.59 Å². The summed E-state index contributed by atoms with van der Waals surface area (Å²) in [5.74, 6) is 0.747. The first-order valence-corrected chi connectivity index (χ1v) is 10.1. The largest absolute Gasteiger partial charge is 0.508 e. The highest BCUT2D eigenvalue weighted by Crippen LogP contribution is 2.24. The van der Waals surface area contributed by atoms with Crippen LogP contribution in [0.15, 0.2) is 0 Å². The normalized spacial score (nSPS) is 20.1. The number of hydrogen-bond donors (Lipinski definition) is 0. The molecule has 6 nitrogen and oxygen atoms in total. The van der Waals surface area contributed by atoms with E-state index >= 15 is 0 Å². The van der Waals surface area contributed by atoms with Crippen molar-refractivity contribution in [1.82, 2.24) is 0 Å². The van der Waals surface area contributed by atoms with Crippen molar-refractivity contribution in [3.8, 4) is 0 Å². The van der Waals surface area contributed by atoms with Gasteiger partial charge >= 0.3 is 12.3 Å². The van der Waals surface area contributed by atoms with Gasteiger partial charge in [0.2, 0.25) is 0 Å². The molecule has 1 aliphatic rings. The van der Waals surface area contributed by atoms with Crippen molar-refractivity contribution in [2.75, 3.05) is 6.61 Å². The van der Waals surface area contributed by atoms with Gasteiger partial charge in [-0.15, -0.1) is 0 Å². The summed E-state index contributed by atoms with van der Waals surface area (Å²) in [5, 5.41) is 0. The van der Waals surface area contributed by atoms with Crippen LogP contribution < -0.4 is 0 Å². The fourth-order valence-corrected chi connectivity index (χ4v) is 3.01. The summed E-state index contributed by atoms with van der Waals surface area (Å²) < 4.78 is 20.8. The lowest BCUT2D eigenvalue weighted by atomic mass is 9.95. The quantitative estimate of drug-likeness (QED) is 0.366. The molecule has 0 aromatic carbocycles. The van der Waals surface area contributed by atoms with Crippen molar-refractivity contribution in [1.29, 1.82) is 0 Å². The molecule has 1 rings (SSSR count). The summed E-state index contributed by atoms with van der Waals surface area (Å²) in [6.45, 7) is 8.40. The fraction of sp³-hybridized carbons (Fsp3) is 0.900. The Morgan fingerprint density at radius 3 is 2.12 bits per heavy atom. The van der Waals surface area contributed by atoms with E-state index in [1.807, 2.05) is 0 Å². The maximum atomic E-state index is 11.8. The highest BCUT2D eigenvalue weighted by molar-refractivity contribution is 5.60. The van der Waals surface area contributed by atoms with Gasteiger partial charge in [-0.1, -0.05) is 39.5 Å². The highest BCUT2D eigenvalue weighted by atomic mass is 16.7. The number of unbranched alkanes of at least 4 members (excludes halogenated alkanes) is 3. The molecule has 6 heteroatoms. The monoisotopic (exact) mass is 372 g/mol. The van der Waals surface area contributed by atoms with Crippen molar-refractivity contribution in [2.24, 2.45) is 5.92 Å². The van der Waals surface area contributed by atoms with Crippen LogP contribution >= 0.6 is 0 Å². The summed E-state index contributed by atoms with van der Waals surface area (Å²) in [4.78, 5) is 23.3. The van der Waals surface area contributed by atoms with Crippen LogP contribution in [0.5, 0.6) is 0 Å². The Labute approximate surface area is 157 Å². The second kappa shape index (κ2) is 12.8. The number of ether oxygens (including phenoxy) is 4. The second-order valence-corrected chi connectivity index (χ2v) is 7.76. The average Bonchev–Trinajstić information content (AvgIpc) is 2.53. The number of hydrogen-bond acceptors (Lipinski definition) is 6. The van der Waals surface area contributed by atoms with Crippen molar-refractivity contribution >= 4 is 12.3 Å². The Morgan fingerprint density at radius 1 is 0.885 bits per heavy atom. The third kappa shape index (κ3) is 11.2. The summed E-state index contributed by atoms with van der Waals surface area (Å²) in [6, 6.07) is 0. The molecule has 1 saturated carbocycles. The zero-order chi connectivity index (χ0) is 19.4. The van der Waals surface area contributed by atoms with E-state index < -0.39 is 12.3 Å². The number of rotatable bonds is 10. The number of carbonyl (C=O) groups is 2. The van der Waals surface area contributed by atoms with Crippen LogP contribution in [-0.4, -0.2) is 37.2 Å². The van der Waals surface area contributed by atoms with Gasteiger partial charge in [-0.25, -0.2) is 9.59 Å². The van der Waals surface area contributed by atoms with E-state index in [0.29, 0.717) is 13.0 Å². The first-order valence-electron chi connectivity index (χ1n) is 10.1. The van der Waals surface area contributed by atoms with Gasteiger partial charge in [-0.2, -0.15) is 0 Å². The van der Waals surface area contributed by atoms with Crippen molar-refractivity contribution in [2.45, 2.75) is 104 Å². The topological polar surface area (TPSA) is 71.1 Å². The van der Waals surface area contributed by atoms with E-state index in [4.69, 9.17) is 18.9 Å². The highest BCUT2D eigenvalue weighted by Gasteiger charge is 2.28. The molecule has 1 fully saturated rings. The van der Waals surface area contributed by atoms with Crippen LogP contribution in [0, 0.1) is 5.92 Å². The smallest absolute Gasteiger partial charge is 0.434 e. The van der Waals surface area contributed by atoms with Gasteiger partial charge in [-0.05, 0) is 45.4 Å². The van der Waals surface area contributed by atoms with E-state index in [2.05, 4.69) is 13.8 Å². The van der Waals surface area contributed by atoms with Gasteiger partial charge in [0.25, 0.3) is 0 Å². The van der Waals surface area contributed by atoms with Crippen LogP contribution in [0.1, 0.15) is 85.5 Å². The van der Waals surface area contributed by atoms with Gasteiger partial charge in [0.15, 0.2) is 0 Å². The molecule has 0 bridgehead atoms. The van der Waals surface area contributed by atoms with E-state index in [1.165, 1.54) is 19.3 Å². The lowest BCUT2D eigenvalue weighted by Gasteiger charge is -2.28. The Morgan fingerprint density at radius 2 is 1.50 bits per heavy atom. The van der Waals surface area contributed by atoms with E-state index in [1.54, 1.807) is 13.8 Å². The molecule has 152 valence electrons. The minimum Gasteiger partial charge on any atom is -0.434 e. The summed E-state index contributed by atoms with van der Waals surface area (Å²) >= 11 is 0. The Bertz CT molecular complexity index is 407. The van der Waals surface area contributed by atoms with E-state index in [0.717, 1.165) is 38.0 Å². The minimum absolute atomic E-state index is 0.210. The minimum atomic E-state index is -0.661. The first kappa shape index (κ1) is 22.6. The molecule has 2 unspecified atom stereocenters. The second-order valence-electron chi connectivity index (χ2n) is 7.76. The maximum Gasteiger partial charge on any atom is 0.508 e. The van der Waals surface area contributed by atoms with Gasteiger partial charge in [0.1, 0.15) is 12.2 Å². The Balaban J connectivity index is 2.12. The standard InChI is InChI=1S/C20H36O6/c1-15(2)10-7-5-6-8-13-23-19(21)25-17-11-9-12-18(14-17)26-20(22)24-16(3)4/h15-18H,5-14H2,1-4H3. The lowest BCUT2D eigenvalue weighted by molar-refractivity contribution is -0.0400. The molecular formula is C20H36O6. The maximum absolute atomic E-state index is 11.8. The van der Waals surface area contributed by atoms with Crippen molar-refractivity contribution in [3.63, 3.8) is 0 Å². The Hall–Kier alpha value is -1.46. The third-order valence-electron chi connectivity index (χ3n) is 4.33. The van der Waals surface area contributed by atoms with Crippen LogP contribution in [0.2, 0.25) is 0 Å². The Kier molecular flexibility index (Phi) is 11.1. The molecule has 0 spiro atoms. The third-order valence-corrected chi connectivity index (χ3v) is 4.33. The zero-order valence-corrected chi connectivity index (χ0v) is 16.8. The first-order chi connectivity index (χ1) is 12.4. The summed E-state index contributed by atoms with van der Waals surface area (Å²) in [7, 11) is 0. The van der Waals surface area contributed by atoms with Gasteiger partial charge < -0.3 is 18.9 Å². The predicted molar refractivity (Wildman–Crippen MR) is 99.1 cm³/mol. The molecule has 1 aliphatic carbocycles. The van der Waals surface area contributed by atoms with Crippen LogP contribution in [-0.2, 0) is 18.9 Å². The molecule has 0 heterocycles. The molecule has 0 aromatic heterocycles. The van der Waals surface area contributed by atoms with Gasteiger partial charge in [0.05, 0.1) is 12.7 Å². The predicted octanol–water partition coefficient (Wildman–Crippen LogP) is 5.62. The zero-order valence-electron chi connectivity index (χ0n) is 16.8.